The van der Waals surface area contributed by atoms with E-state index in [-0.39, 0.29) is 0 Å². The molecule has 0 amide bonds. The first kappa shape index (κ1) is 17.2. The van der Waals surface area contributed by atoms with E-state index in [4.69, 9.17) is 22.1 Å². The van der Waals surface area contributed by atoms with Crippen LogP contribution in [0.4, 0.5) is 0 Å². The average Bonchev–Trinajstić information content (AvgIpc) is 2.27. The van der Waals surface area contributed by atoms with Gasteiger partial charge in [0.1, 0.15) is 12.6 Å². The van der Waals surface area contributed by atoms with Gasteiger partial charge < -0.3 is 15.4 Å². The van der Waals surface area contributed by atoms with Crippen LogP contribution in [0.3, 0.4) is 0 Å². The minimum atomic E-state index is -1.06. The summed E-state index contributed by atoms with van der Waals surface area (Å²) in [5.74, 6) is 0.511. The van der Waals surface area contributed by atoms with Crippen LogP contribution in [0.15, 0.2) is 29.3 Å². The Morgan fingerprint density at radius 3 is 2.56 bits per heavy atom. The highest BCUT2D eigenvalue weighted by atomic mass is 35.5. The molecule has 0 aromatic rings. The second kappa shape index (κ2) is 8.34. The summed E-state index contributed by atoms with van der Waals surface area (Å²) in [6.45, 7) is 13.8. The molecule has 0 rings (SSSR count). The first-order valence-electron chi connectivity index (χ1n) is 5.87. The molecule has 0 saturated carbocycles. The highest BCUT2D eigenvalue weighted by Gasteiger charge is 2.13. The number of hydrogen-bond acceptors (Lipinski definition) is 4. The van der Waals surface area contributed by atoms with E-state index in [2.05, 4.69) is 31.2 Å². The number of nitrogens with zero attached hydrogens (tertiary/aromatic N) is 2. The van der Waals surface area contributed by atoms with E-state index >= 15 is 0 Å². The number of allylic oxidation sites excluding steroid dienone is 1. The minimum Gasteiger partial charge on any atom is -0.403 e. The first-order valence-corrected chi connectivity index (χ1v) is 10.0. The van der Waals surface area contributed by atoms with Crippen LogP contribution in [-0.4, -0.2) is 32.0 Å². The molecule has 0 saturated heterocycles. The predicted molar refractivity (Wildman–Crippen MR) is 82.2 cm³/mol. The highest BCUT2D eigenvalue weighted by Crippen LogP contribution is 2.13. The van der Waals surface area contributed by atoms with Crippen molar-refractivity contribution in [1.82, 2.24) is 4.90 Å². The third-order valence-corrected chi connectivity index (χ3v) is 4.19. The summed E-state index contributed by atoms with van der Waals surface area (Å²) in [6.07, 6.45) is 1.50. The molecule has 0 aliphatic carbocycles. The summed E-state index contributed by atoms with van der Waals surface area (Å²) in [6, 6.07) is 1.12. The topological polar surface area (TPSA) is 50.8 Å². The van der Waals surface area contributed by atoms with Gasteiger partial charge in [-0.05, 0) is 13.0 Å². The lowest BCUT2D eigenvalue weighted by Gasteiger charge is -2.25. The van der Waals surface area contributed by atoms with E-state index in [9.17, 15) is 0 Å². The van der Waals surface area contributed by atoms with Crippen LogP contribution < -0.4 is 5.73 Å². The van der Waals surface area contributed by atoms with E-state index in [1.807, 2.05) is 6.92 Å². The summed E-state index contributed by atoms with van der Waals surface area (Å²) in [7, 11) is -1.06. The lowest BCUT2D eigenvalue weighted by molar-refractivity contribution is 0.0718. The smallest absolute Gasteiger partial charge is 0.128 e. The standard InChI is InChI=1S/C12H24ClN3OSi/c1-11(8-14)16(12(2)15-9-13)10-17-6-7-18(3,4)5/h8-9H,2,6-7,10,14H2,1,3-5H3/b11-8+,15-9+. The quantitative estimate of drug-likeness (QED) is 0.323. The maximum Gasteiger partial charge on any atom is 0.128 e. The molecule has 0 aromatic carbocycles. The largest absolute Gasteiger partial charge is 0.403 e. The fourth-order valence-corrected chi connectivity index (χ4v) is 2.00. The Labute approximate surface area is 116 Å². The zero-order chi connectivity index (χ0) is 14.2. The fourth-order valence-electron chi connectivity index (χ4n) is 1.13. The van der Waals surface area contributed by atoms with Crippen molar-refractivity contribution in [3.05, 3.63) is 24.3 Å². The molecule has 0 fully saturated rings. The SMILES string of the molecule is C=C(/N=C/Cl)N(COCC[Si](C)(C)C)/C(C)=C/N. The number of rotatable bonds is 8. The van der Waals surface area contributed by atoms with Gasteiger partial charge in [-0.2, -0.15) is 0 Å². The van der Waals surface area contributed by atoms with Crippen LogP contribution in [0.5, 0.6) is 0 Å². The number of hydrogen-bond donors (Lipinski definition) is 1. The second-order valence-electron chi connectivity index (χ2n) is 5.23. The molecular formula is C12H24ClN3OSi. The van der Waals surface area contributed by atoms with Crippen LogP contribution >= 0.6 is 11.6 Å². The zero-order valence-electron chi connectivity index (χ0n) is 11.7. The van der Waals surface area contributed by atoms with Crippen LogP contribution in [0.25, 0.3) is 0 Å². The molecular weight excluding hydrogens is 266 g/mol. The molecule has 4 nitrogen and oxygen atoms in total. The van der Waals surface area contributed by atoms with Crippen molar-refractivity contribution in [2.45, 2.75) is 32.6 Å². The van der Waals surface area contributed by atoms with Gasteiger partial charge in [0.15, 0.2) is 0 Å². The number of halogens is 1. The molecule has 0 aliphatic rings. The summed E-state index contributed by atoms with van der Waals surface area (Å²) in [4.78, 5) is 5.71. The van der Waals surface area contributed by atoms with Crippen molar-refractivity contribution in [3.63, 3.8) is 0 Å². The number of aliphatic imine (C=N–C) groups is 1. The third kappa shape index (κ3) is 7.52. The Morgan fingerprint density at radius 2 is 2.11 bits per heavy atom. The lowest BCUT2D eigenvalue weighted by atomic mass is 10.4. The maximum absolute atomic E-state index is 5.65. The molecule has 0 heterocycles. The van der Waals surface area contributed by atoms with Crippen molar-refractivity contribution in [2.75, 3.05) is 13.3 Å². The molecule has 0 atom stereocenters. The van der Waals surface area contributed by atoms with Crippen LogP contribution in [0, 0.1) is 0 Å². The summed E-state index contributed by atoms with van der Waals surface area (Å²) in [5.41, 5.74) is 7.51. The average molecular weight is 290 g/mol. The monoisotopic (exact) mass is 289 g/mol. The molecule has 2 N–H and O–H groups in total. The molecule has 6 heteroatoms. The van der Waals surface area contributed by atoms with Crippen LogP contribution in [0.1, 0.15) is 6.92 Å². The molecule has 0 unspecified atom stereocenters. The van der Waals surface area contributed by atoms with Crippen LogP contribution in [-0.2, 0) is 4.74 Å². The van der Waals surface area contributed by atoms with E-state index < -0.39 is 8.07 Å². The summed E-state index contributed by atoms with van der Waals surface area (Å²) >= 11 is 5.44. The van der Waals surface area contributed by atoms with Gasteiger partial charge in [0.2, 0.25) is 0 Å². The van der Waals surface area contributed by atoms with Gasteiger partial charge in [0.05, 0.1) is 5.67 Å². The van der Waals surface area contributed by atoms with Crippen LogP contribution in [0.2, 0.25) is 25.7 Å². The Hall–Kier alpha value is -0.783. The summed E-state index contributed by atoms with van der Waals surface area (Å²) < 4.78 is 5.65. The van der Waals surface area contributed by atoms with E-state index in [0.29, 0.717) is 12.6 Å². The third-order valence-electron chi connectivity index (χ3n) is 2.39. The molecule has 104 valence electrons. The van der Waals surface area contributed by atoms with Gasteiger partial charge in [-0.1, -0.05) is 37.8 Å². The van der Waals surface area contributed by atoms with Gasteiger partial charge in [-0.15, -0.1) is 0 Å². The van der Waals surface area contributed by atoms with E-state index in [1.54, 1.807) is 4.90 Å². The zero-order valence-corrected chi connectivity index (χ0v) is 13.5. The van der Waals surface area contributed by atoms with Gasteiger partial charge in [-0.3, -0.25) is 0 Å². The molecule has 0 spiro atoms. The normalized spacial score (nSPS) is 13.1. The highest BCUT2D eigenvalue weighted by molar-refractivity contribution is 6.76. The van der Waals surface area contributed by atoms with Crippen molar-refractivity contribution in [1.29, 1.82) is 0 Å². The predicted octanol–water partition coefficient (Wildman–Crippen LogP) is 3.16. The van der Waals surface area contributed by atoms with E-state index in [1.165, 1.54) is 11.9 Å². The Balaban J connectivity index is 4.32. The summed E-state index contributed by atoms with van der Waals surface area (Å²) in [5, 5.41) is 0. The first-order chi connectivity index (χ1) is 8.31. The Bertz CT molecular complexity index is 324. The number of nitrogens with two attached hydrogens (primary N) is 1. The van der Waals surface area contributed by atoms with Crippen molar-refractivity contribution >= 4 is 25.3 Å². The Kier molecular flexibility index (Phi) is 7.98. The second-order valence-corrected chi connectivity index (χ2v) is 11.0. The molecule has 0 aromatic heterocycles. The fraction of sp³-hybridized carbons (Fsp3) is 0.583. The molecule has 18 heavy (non-hydrogen) atoms. The molecule has 0 aliphatic heterocycles. The van der Waals surface area contributed by atoms with Gasteiger partial charge in [0.25, 0.3) is 0 Å². The van der Waals surface area contributed by atoms with Crippen molar-refractivity contribution in [3.8, 4) is 0 Å². The Morgan fingerprint density at radius 1 is 1.50 bits per heavy atom. The molecule has 0 radical (unpaired) electrons. The van der Waals surface area contributed by atoms with Gasteiger partial charge in [-0.25, -0.2) is 4.99 Å². The van der Waals surface area contributed by atoms with Gasteiger partial charge >= 0.3 is 0 Å². The number of ether oxygens (including phenoxy) is 1. The van der Waals surface area contributed by atoms with Gasteiger partial charge in [0, 0.05) is 26.6 Å². The lowest BCUT2D eigenvalue weighted by Crippen LogP contribution is -2.27. The van der Waals surface area contributed by atoms with Crippen molar-refractivity contribution in [2.24, 2.45) is 10.7 Å². The van der Waals surface area contributed by atoms with Crippen molar-refractivity contribution < 1.29 is 4.74 Å². The molecule has 0 bridgehead atoms. The minimum absolute atomic E-state index is 0.386. The van der Waals surface area contributed by atoms with E-state index in [0.717, 1.165) is 18.3 Å². The maximum atomic E-state index is 5.65.